The maximum atomic E-state index is 5.34. The zero-order valence-corrected chi connectivity index (χ0v) is 14.4. The molecule has 1 aliphatic rings. The monoisotopic (exact) mass is 321 g/mol. The van der Waals surface area contributed by atoms with Gasteiger partial charge in [-0.1, -0.05) is 26.0 Å². The average Bonchev–Trinajstić information content (AvgIpc) is 2.56. The van der Waals surface area contributed by atoms with Crippen molar-refractivity contribution in [3.63, 3.8) is 0 Å². The fourth-order valence-electron chi connectivity index (χ4n) is 2.46. The molecule has 22 heavy (non-hydrogen) atoms. The van der Waals surface area contributed by atoms with Crippen LogP contribution in [0.25, 0.3) is 0 Å². The molecule has 1 heterocycles. The number of hydrogen-bond donors (Lipinski definition) is 2. The van der Waals surface area contributed by atoms with E-state index in [2.05, 4.69) is 53.6 Å². The van der Waals surface area contributed by atoms with Crippen molar-refractivity contribution >= 4 is 23.0 Å². The summed E-state index contributed by atoms with van der Waals surface area (Å²) in [5.74, 6) is 0.604. The molecule has 1 atom stereocenters. The largest absolute Gasteiger partial charge is 0.379 e. The number of thiocarbonyl (C=S) groups is 1. The lowest BCUT2D eigenvalue weighted by Crippen LogP contribution is -2.42. The van der Waals surface area contributed by atoms with Crippen molar-refractivity contribution in [1.29, 1.82) is 0 Å². The molecule has 1 aromatic carbocycles. The van der Waals surface area contributed by atoms with Gasteiger partial charge in [-0.25, -0.2) is 0 Å². The number of ether oxygens (including phenoxy) is 1. The van der Waals surface area contributed by atoms with Gasteiger partial charge < -0.3 is 15.4 Å². The predicted octanol–water partition coefficient (Wildman–Crippen LogP) is 2.82. The first kappa shape index (κ1) is 17.2. The molecule has 0 unspecified atom stereocenters. The maximum absolute atomic E-state index is 5.34. The van der Waals surface area contributed by atoms with E-state index in [-0.39, 0.29) is 0 Å². The maximum Gasteiger partial charge on any atom is 0.170 e. The van der Waals surface area contributed by atoms with Crippen molar-refractivity contribution < 1.29 is 4.74 Å². The van der Waals surface area contributed by atoms with Gasteiger partial charge >= 0.3 is 0 Å². The first-order valence-corrected chi connectivity index (χ1v) is 8.54. The first-order chi connectivity index (χ1) is 10.7. The molecule has 0 bridgehead atoms. The molecule has 0 spiro atoms. The van der Waals surface area contributed by atoms with E-state index in [4.69, 9.17) is 17.0 Å². The van der Waals surface area contributed by atoms with Crippen molar-refractivity contribution in [2.24, 2.45) is 0 Å². The molecule has 122 valence electrons. The van der Waals surface area contributed by atoms with Crippen LogP contribution < -0.4 is 10.6 Å². The summed E-state index contributed by atoms with van der Waals surface area (Å²) in [6.45, 7) is 10.0. The Morgan fingerprint density at radius 2 is 1.95 bits per heavy atom. The minimum Gasteiger partial charge on any atom is -0.379 e. The molecule has 0 aromatic heterocycles. The molecule has 2 rings (SSSR count). The van der Waals surface area contributed by atoms with Crippen molar-refractivity contribution in [3.05, 3.63) is 29.8 Å². The Bertz CT molecular complexity index is 457. The van der Waals surface area contributed by atoms with E-state index in [0.717, 1.165) is 51.5 Å². The molecule has 2 N–H and O–H groups in total. The van der Waals surface area contributed by atoms with E-state index in [9.17, 15) is 0 Å². The summed E-state index contributed by atoms with van der Waals surface area (Å²) in [5, 5.41) is 7.19. The quantitative estimate of drug-likeness (QED) is 0.788. The summed E-state index contributed by atoms with van der Waals surface area (Å²) in [5.41, 5.74) is 2.41. The number of benzene rings is 1. The van der Waals surface area contributed by atoms with Crippen molar-refractivity contribution in [2.45, 2.75) is 26.2 Å². The zero-order chi connectivity index (χ0) is 15.8. The normalized spacial score (nSPS) is 17.0. The first-order valence-electron chi connectivity index (χ1n) is 8.14. The van der Waals surface area contributed by atoms with E-state index >= 15 is 0 Å². The van der Waals surface area contributed by atoms with Gasteiger partial charge in [0, 0.05) is 31.9 Å². The van der Waals surface area contributed by atoms with Crippen LogP contribution in [0, 0.1) is 0 Å². The topological polar surface area (TPSA) is 36.5 Å². The lowest BCUT2D eigenvalue weighted by atomic mass is 9.99. The molecule has 1 aliphatic heterocycles. The molecule has 1 saturated heterocycles. The molecule has 0 radical (unpaired) electrons. The summed E-state index contributed by atoms with van der Waals surface area (Å²) in [6.07, 6.45) is 1.16. The minimum atomic E-state index is 0.604. The molecule has 5 heteroatoms. The lowest BCUT2D eigenvalue weighted by molar-refractivity contribution is 0.0389. The van der Waals surface area contributed by atoms with Gasteiger partial charge in [0.25, 0.3) is 0 Å². The summed E-state index contributed by atoms with van der Waals surface area (Å²) in [7, 11) is 0. The lowest BCUT2D eigenvalue weighted by Gasteiger charge is -2.26. The van der Waals surface area contributed by atoms with Gasteiger partial charge in [-0.15, -0.1) is 0 Å². The standard InChI is InChI=1S/C17H27N3OS/c1-3-14(2)15-4-6-16(7-5-15)19-17(22)18-8-9-20-10-12-21-13-11-20/h4-7,14H,3,8-13H2,1-2H3,(H2,18,19,22)/t14-/m1/s1. The number of morpholine rings is 1. The molecular weight excluding hydrogens is 294 g/mol. The van der Waals surface area contributed by atoms with Gasteiger partial charge in [-0.3, -0.25) is 4.90 Å². The Morgan fingerprint density at radius 3 is 2.59 bits per heavy atom. The van der Waals surface area contributed by atoms with Crippen molar-refractivity contribution in [1.82, 2.24) is 10.2 Å². The van der Waals surface area contributed by atoms with Crippen LogP contribution in [0.4, 0.5) is 5.69 Å². The van der Waals surface area contributed by atoms with Gasteiger partial charge in [0.1, 0.15) is 0 Å². The van der Waals surface area contributed by atoms with Gasteiger partial charge in [-0.2, -0.15) is 0 Å². The van der Waals surface area contributed by atoms with Crippen LogP contribution in [0.2, 0.25) is 0 Å². The van der Waals surface area contributed by atoms with E-state index in [1.54, 1.807) is 0 Å². The highest BCUT2D eigenvalue weighted by molar-refractivity contribution is 7.80. The molecule has 0 saturated carbocycles. The van der Waals surface area contributed by atoms with E-state index in [0.29, 0.717) is 11.0 Å². The Labute approximate surface area is 139 Å². The van der Waals surface area contributed by atoms with Crippen LogP contribution in [-0.2, 0) is 4.74 Å². The highest BCUT2D eigenvalue weighted by Gasteiger charge is 2.09. The average molecular weight is 321 g/mol. The van der Waals surface area contributed by atoms with Gasteiger partial charge in [0.2, 0.25) is 0 Å². The summed E-state index contributed by atoms with van der Waals surface area (Å²) < 4.78 is 5.34. The summed E-state index contributed by atoms with van der Waals surface area (Å²) in [4.78, 5) is 2.39. The van der Waals surface area contributed by atoms with Gasteiger partial charge in [0.05, 0.1) is 13.2 Å². The third-order valence-corrected chi connectivity index (χ3v) is 4.41. The Kier molecular flexibility index (Phi) is 7.09. The zero-order valence-electron chi connectivity index (χ0n) is 13.6. The summed E-state index contributed by atoms with van der Waals surface area (Å²) >= 11 is 5.34. The molecule has 4 nitrogen and oxygen atoms in total. The SMILES string of the molecule is CC[C@@H](C)c1ccc(NC(=S)NCCN2CCOCC2)cc1. The van der Waals surface area contributed by atoms with Crippen LogP contribution in [0.1, 0.15) is 31.7 Å². The number of nitrogens with zero attached hydrogens (tertiary/aromatic N) is 1. The second-order valence-corrected chi connectivity index (χ2v) is 6.17. The fourth-order valence-corrected chi connectivity index (χ4v) is 2.68. The van der Waals surface area contributed by atoms with Crippen molar-refractivity contribution in [2.75, 3.05) is 44.7 Å². The molecular formula is C17H27N3OS. The smallest absolute Gasteiger partial charge is 0.170 e. The molecule has 1 fully saturated rings. The second-order valence-electron chi connectivity index (χ2n) is 5.77. The Hall–Kier alpha value is -1.17. The van der Waals surface area contributed by atoms with Crippen LogP contribution in [0.3, 0.4) is 0 Å². The fraction of sp³-hybridized carbons (Fsp3) is 0.588. The molecule has 0 aliphatic carbocycles. The number of anilines is 1. The third-order valence-electron chi connectivity index (χ3n) is 4.17. The highest BCUT2D eigenvalue weighted by atomic mass is 32.1. The third kappa shape index (κ3) is 5.55. The number of hydrogen-bond acceptors (Lipinski definition) is 3. The summed E-state index contributed by atoms with van der Waals surface area (Å²) in [6, 6.07) is 8.54. The van der Waals surface area contributed by atoms with Crippen molar-refractivity contribution in [3.8, 4) is 0 Å². The number of rotatable bonds is 6. The van der Waals surface area contributed by atoms with E-state index in [1.165, 1.54) is 5.56 Å². The molecule has 0 amide bonds. The number of nitrogens with one attached hydrogen (secondary N) is 2. The minimum absolute atomic E-state index is 0.604. The van der Waals surface area contributed by atoms with Gasteiger partial charge in [-0.05, 0) is 42.3 Å². The Morgan fingerprint density at radius 1 is 1.27 bits per heavy atom. The van der Waals surface area contributed by atoms with E-state index < -0.39 is 0 Å². The predicted molar refractivity (Wildman–Crippen MR) is 96.6 cm³/mol. The van der Waals surface area contributed by atoms with Crippen LogP contribution in [0.5, 0.6) is 0 Å². The van der Waals surface area contributed by atoms with E-state index in [1.807, 2.05) is 0 Å². The van der Waals surface area contributed by atoms with Crippen LogP contribution >= 0.6 is 12.2 Å². The second kappa shape index (κ2) is 9.08. The molecule has 1 aromatic rings. The van der Waals surface area contributed by atoms with Crippen LogP contribution in [-0.4, -0.2) is 49.4 Å². The van der Waals surface area contributed by atoms with Crippen LogP contribution in [0.15, 0.2) is 24.3 Å². The van der Waals surface area contributed by atoms with Gasteiger partial charge in [0.15, 0.2) is 5.11 Å². The highest BCUT2D eigenvalue weighted by Crippen LogP contribution is 2.20. The Balaban J connectivity index is 1.70.